The van der Waals surface area contributed by atoms with Crippen LogP contribution >= 0.6 is 0 Å². The smallest absolute Gasteiger partial charge is 0.274 e. The molecule has 0 spiro atoms. The first-order valence-electron chi connectivity index (χ1n) is 4.50. The predicted molar refractivity (Wildman–Crippen MR) is 56.2 cm³/mol. The Hall–Kier alpha value is -1.20. The van der Waals surface area contributed by atoms with Crippen LogP contribution in [0.4, 0.5) is 0 Å². The van der Waals surface area contributed by atoms with Gasteiger partial charge in [0.25, 0.3) is 10.1 Å². The van der Waals surface area contributed by atoms with E-state index in [1.54, 1.807) is 37.3 Å². The number of rotatable bonds is 5. The molecule has 1 aromatic rings. The maximum atomic E-state index is 11.5. The summed E-state index contributed by atoms with van der Waals surface area (Å²) >= 11 is 0. The van der Waals surface area contributed by atoms with Crippen molar-refractivity contribution in [2.24, 2.45) is 0 Å². The van der Waals surface area contributed by atoms with E-state index in [0.29, 0.717) is 5.56 Å². The lowest BCUT2D eigenvalue weighted by Gasteiger charge is -2.02. The number of ketones is 1. The van der Waals surface area contributed by atoms with Crippen LogP contribution in [0, 0.1) is 0 Å². The molecule has 82 valence electrons. The van der Waals surface area contributed by atoms with Crippen LogP contribution in [-0.2, 0) is 14.3 Å². The zero-order valence-electron chi connectivity index (χ0n) is 8.34. The maximum Gasteiger partial charge on any atom is 0.274 e. The summed E-state index contributed by atoms with van der Waals surface area (Å²) in [6, 6.07) is 8.27. The van der Waals surface area contributed by atoms with E-state index in [2.05, 4.69) is 4.18 Å². The standard InChI is InChI=1S/C10H12O4S/c1-2-14-15(12,13)8-10(11)9-6-4-3-5-7-9/h3-7H,2,8H2,1H3. The molecule has 0 fully saturated rings. The number of carbonyl (C=O) groups excluding carboxylic acids is 1. The molecular formula is C10H12O4S. The molecule has 0 saturated heterocycles. The summed E-state index contributed by atoms with van der Waals surface area (Å²) in [6.45, 7) is 1.61. The summed E-state index contributed by atoms with van der Waals surface area (Å²) < 4.78 is 26.8. The minimum atomic E-state index is -3.73. The van der Waals surface area contributed by atoms with Gasteiger partial charge in [0.05, 0.1) is 6.61 Å². The van der Waals surface area contributed by atoms with E-state index < -0.39 is 21.7 Å². The molecule has 0 amide bonds. The van der Waals surface area contributed by atoms with Gasteiger partial charge in [0.15, 0.2) is 5.78 Å². The van der Waals surface area contributed by atoms with Gasteiger partial charge in [-0.2, -0.15) is 8.42 Å². The summed E-state index contributed by atoms with van der Waals surface area (Å²) in [7, 11) is -3.73. The average molecular weight is 228 g/mol. The topological polar surface area (TPSA) is 60.4 Å². The van der Waals surface area contributed by atoms with Gasteiger partial charge in [0.1, 0.15) is 5.75 Å². The highest BCUT2D eigenvalue weighted by atomic mass is 32.2. The Labute approximate surface area is 89.0 Å². The molecular weight excluding hydrogens is 216 g/mol. The van der Waals surface area contributed by atoms with Gasteiger partial charge in [-0.3, -0.25) is 8.98 Å². The molecule has 1 rings (SSSR count). The number of hydrogen-bond acceptors (Lipinski definition) is 4. The van der Waals surface area contributed by atoms with Crippen molar-refractivity contribution in [1.29, 1.82) is 0 Å². The van der Waals surface area contributed by atoms with Crippen LogP contribution in [0.2, 0.25) is 0 Å². The van der Waals surface area contributed by atoms with E-state index in [1.165, 1.54) is 0 Å². The molecule has 0 heterocycles. The van der Waals surface area contributed by atoms with Crippen LogP contribution < -0.4 is 0 Å². The van der Waals surface area contributed by atoms with Crippen LogP contribution in [0.3, 0.4) is 0 Å². The second kappa shape index (κ2) is 5.04. The third-order valence-corrected chi connectivity index (χ3v) is 2.91. The monoisotopic (exact) mass is 228 g/mol. The molecule has 0 radical (unpaired) electrons. The van der Waals surface area contributed by atoms with Gasteiger partial charge < -0.3 is 0 Å². The highest BCUT2D eigenvalue weighted by Gasteiger charge is 2.17. The molecule has 4 nitrogen and oxygen atoms in total. The molecule has 0 bridgehead atoms. The first kappa shape index (κ1) is 11.9. The molecule has 0 atom stereocenters. The molecule has 0 N–H and O–H groups in total. The van der Waals surface area contributed by atoms with E-state index in [1.807, 2.05) is 0 Å². The Balaban J connectivity index is 2.73. The molecule has 1 aromatic carbocycles. The highest BCUT2D eigenvalue weighted by Crippen LogP contribution is 2.03. The van der Waals surface area contributed by atoms with Crippen molar-refractivity contribution in [2.45, 2.75) is 6.92 Å². The molecule has 0 aliphatic carbocycles. The second-order valence-corrected chi connectivity index (χ2v) is 4.54. The summed E-state index contributed by atoms with van der Waals surface area (Å²) in [6.07, 6.45) is 0. The number of carbonyl (C=O) groups is 1. The van der Waals surface area contributed by atoms with Crippen LogP contribution in [0.5, 0.6) is 0 Å². The summed E-state index contributed by atoms with van der Waals surface area (Å²) in [5, 5.41) is 0. The van der Waals surface area contributed by atoms with E-state index in [4.69, 9.17) is 0 Å². The van der Waals surface area contributed by atoms with Gasteiger partial charge in [-0.25, -0.2) is 0 Å². The molecule has 0 aliphatic rings. The summed E-state index contributed by atoms with van der Waals surface area (Å²) in [4.78, 5) is 11.5. The van der Waals surface area contributed by atoms with Crippen LogP contribution in [-0.4, -0.2) is 26.6 Å². The van der Waals surface area contributed by atoms with E-state index in [0.717, 1.165) is 0 Å². The summed E-state index contributed by atoms with van der Waals surface area (Å²) in [5.74, 6) is -1.06. The molecule has 0 aliphatic heterocycles. The third-order valence-electron chi connectivity index (χ3n) is 1.70. The Morgan fingerprint density at radius 3 is 2.40 bits per heavy atom. The summed E-state index contributed by atoms with van der Waals surface area (Å²) in [5.41, 5.74) is 0.376. The SMILES string of the molecule is CCOS(=O)(=O)CC(=O)c1ccccc1. The van der Waals surface area contributed by atoms with Gasteiger partial charge >= 0.3 is 0 Å². The fourth-order valence-corrected chi connectivity index (χ4v) is 2.02. The fourth-order valence-electron chi connectivity index (χ4n) is 1.09. The van der Waals surface area contributed by atoms with Gasteiger partial charge in [0.2, 0.25) is 0 Å². The quantitative estimate of drug-likeness (QED) is 0.562. The normalized spacial score (nSPS) is 11.3. The van der Waals surface area contributed by atoms with Crippen LogP contribution in [0.25, 0.3) is 0 Å². The van der Waals surface area contributed by atoms with E-state index in [-0.39, 0.29) is 6.61 Å². The van der Waals surface area contributed by atoms with E-state index >= 15 is 0 Å². The predicted octanol–water partition coefficient (Wildman–Crippen LogP) is 1.24. The first-order chi connectivity index (χ1) is 7.05. The van der Waals surface area contributed by atoms with Crippen molar-refractivity contribution in [3.63, 3.8) is 0 Å². The molecule has 5 heteroatoms. The van der Waals surface area contributed by atoms with Gasteiger partial charge in [-0.15, -0.1) is 0 Å². The maximum absolute atomic E-state index is 11.5. The minimum absolute atomic E-state index is 0.0460. The Morgan fingerprint density at radius 2 is 1.87 bits per heavy atom. The van der Waals surface area contributed by atoms with Crippen LogP contribution in [0.1, 0.15) is 17.3 Å². The Kier molecular flexibility index (Phi) is 3.99. The second-order valence-electron chi connectivity index (χ2n) is 2.90. The highest BCUT2D eigenvalue weighted by molar-refractivity contribution is 7.87. The molecule has 15 heavy (non-hydrogen) atoms. The van der Waals surface area contributed by atoms with Crippen LogP contribution in [0.15, 0.2) is 30.3 Å². The van der Waals surface area contributed by atoms with Crippen molar-refractivity contribution in [3.8, 4) is 0 Å². The largest absolute Gasteiger partial charge is 0.293 e. The zero-order valence-corrected chi connectivity index (χ0v) is 9.16. The van der Waals surface area contributed by atoms with Crippen molar-refractivity contribution in [2.75, 3.05) is 12.4 Å². The van der Waals surface area contributed by atoms with E-state index in [9.17, 15) is 13.2 Å². The van der Waals surface area contributed by atoms with Gasteiger partial charge in [-0.1, -0.05) is 30.3 Å². The first-order valence-corrected chi connectivity index (χ1v) is 6.08. The number of Topliss-reactive ketones (excluding diaryl/α,β-unsaturated/α-hetero) is 1. The van der Waals surface area contributed by atoms with Crippen molar-refractivity contribution < 1.29 is 17.4 Å². The molecule has 0 aromatic heterocycles. The average Bonchev–Trinajstić information content (AvgIpc) is 2.18. The van der Waals surface area contributed by atoms with Crippen molar-refractivity contribution in [1.82, 2.24) is 0 Å². The third kappa shape index (κ3) is 3.81. The lowest BCUT2D eigenvalue weighted by molar-refractivity contribution is 0.101. The molecule has 0 unspecified atom stereocenters. The Bertz CT molecular complexity index is 422. The van der Waals surface area contributed by atoms with Crippen molar-refractivity contribution in [3.05, 3.63) is 35.9 Å². The van der Waals surface area contributed by atoms with Gasteiger partial charge in [0, 0.05) is 5.56 Å². The van der Waals surface area contributed by atoms with Gasteiger partial charge in [-0.05, 0) is 6.92 Å². The molecule has 0 saturated carbocycles. The minimum Gasteiger partial charge on any atom is -0.293 e. The lowest BCUT2D eigenvalue weighted by atomic mass is 10.2. The lowest BCUT2D eigenvalue weighted by Crippen LogP contribution is -2.18. The Morgan fingerprint density at radius 1 is 1.27 bits per heavy atom. The zero-order chi connectivity index (χ0) is 11.3. The number of benzene rings is 1. The number of hydrogen-bond donors (Lipinski definition) is 0. The fraction of sp³-hybridized carbons (Fsp3) is 0.300. The van der Waals surface area contributed by atoms with Crippen molar-refractivity contribution >= 4 is 15.9 Å².